The molecule has 5 nitrogen and oxygen atoms in total. The van der Waals surface area contributed by atoms with Crippen molar-refractivity contribution >= 4 is 23.3 Å². The summed E-state index contributed by atoms with van der Waals surface area (Å²) in [5.41, 5.74) is 2.45. The zero-order valence-electron chi connectivity index (χ0n) is 11.8. The van der Waals surface area contributed by atoms with Crippen molar-refractivity contribution in [1.82, 2.24) is 5.32 Å². The lowest BCUT2D eigenvalue weighted by molar-refractivity contribution is -0.138. The van der Waals surface area contributed by atoms with Crippen LogP contribution in [0.25, 0.3) is 0 Å². The Morgan fingerprint density at radius 3 is 3.05 bits per heavy atom. The summed E-state index contributed by atoms with van der Waals surface area (Å²) in [5, 5.41) is 5.03. The molecule has 0 fully saturated rings. The number of allylic oxidation sites excluding steroid dienone is 1. The van der Waals surface area contributed by atoms with Crippen molar-refractivity contribution in [1.29, 1.82) is 0 Å². The molecule has 1 atom stereocenters. The number of hydrogen-bond acceptors (Lipinski definition) is 6. The van der Waals surface area contributed by atoms with Crippen LogP contribution < -0.4 is 5.32 Å². The fraction of sp³-hybridized carbons (Fsp3) is 0.333. The predicted molar refractivity (Wildman–Crippen MR) is 77.5 cm³/mol. The summed E-state index contributed by atoms with van der Waals surface area (Å²) in [7, 11) is 0. The quantitative estimate of drug-likeness (QED) is 0.866. The summed E-state index contributed by atoms with van der Waals surface area (Å²) in [5.74, 6) is -1.17. The number of ether oxygens (including phenoxy) is 2. The van der Waals surface area contributed by atoms with Crippen LogP contribution in [0.15, 0.2) is 40.1 Å². The molecule has 0 spiro atoms. The summed E-state index contributed by atoms with van der Waals surface area (Å²) in [6, 6.07) is 3.82. The third-order valence-corrected chi connectivity index (χ3v) is 4.47. The first-order chi connectivity index (χ1) is 10.1. The van der Waals surface area contributed by atoms with E-state index in [0.717, 1.165) is 10.6 Å². The molecule has 0 amide bonds. The fourth-order valence-electron chi connectivity index (χ4n) is 2.69. The molecule has 21 heavy (non-hydrogen) atoms. The largest absolute Gasteiger partial charge is 0.463 e. The highest BCUT2D eigenvalue weighted by atomic mass is 32.1. The van der Waals surface area contributed by atoms with Crippen molar-refractivity contribution in [3.63, 3.8) is 0 Å². The minimum Gasteiger partial charge on any atom is -0.463 e. The second-order valence-corrected chi connectivity index (χ2v) is 5.78. The van der Waals surface area contributed by atoms with E-state index in [4.69, 9.17) is 9.47 Å². The maximum atomic E-state index is 12.3. The van der Waals surface area contributed by atoms with E-state index >= 15 is 0 Å². The molecule has 110 valence electrons. The highest BCUT2D eigenvalue weighted by Gasteiger charge is 2.42. The summed E-state index contributed by atoms with van der Waals surface area (Å²) < 4.78 is 10.3. The third kappa shape index (κ3) is 2.25. The molecule has 0 saturated carbocycles. The molecule has 6 heteroatoms. The maximum Gasteiger partial charge on any atom is 0.337 e. The van der Waals surface area contributed by atoms with Crippen molar-refractivity contribution in [2.75, 3.05) is 13.2 Å². The lowest BCUT2D eigenvalue weighted by Gasteiger charge is -2.26. The molecule has 2 aliphatic heterocycles. The number of nitrogens with one attached hydrogen (secondary N) is 1. The van der Waals surface area contributed by atoms with Gasteiger partial charge >= 0.3 is 11.9 Å². The molecule has 1 aromatic rings. The van der Waals surface area contributed by atoms with E-state index in [1.54, 1.807) is 6.92 Å². The molecular weight excluding hydrogens is 290 g/mol. The van der Waals surface area contributed by atoms with Gasteiger partial charge in [0.05, 0.1) is 29.4 Å². The lowest BCUT2D eigenvalue weighted by Crippen LogP contribution is -2.29. The maximum absolute atomic E-state index is 12.3. The molecule has 0 bridgehead atoms. The van der Waals surface area contributed by atoms with E-state index in [9.17, 15) is 9.59 Å². The van der Waals surface area contributed by atoms with Crippen LogP contribution in [-0.2, 0) is 19.1 Å². The van der Waals surface area contributed by atoms with Crippen LogP contribution in [0.1, 0.15) is 24.6 Å². The van der Waals surface area contributed by atoms with Crippen LogP contribution in [0, 0.1) is 0 Å². The number of cyclic esters (lactones) is 1. The smallest absolute Gasteiger partial charge is 0.337 e. The number of dihydropyridines is 1. The molecule has 1 N–H and O–H groups in total. The topological polar surface area (TPSA) is 64.6 Å². The van der Waals surface area contributed by atoms with Crippen LogP contribution in [0.5, 0.6) is 0 Å². The SMILES string of the molecule is CCOC(=O)C1=C(C)NC2=C(C(=O)OC2)C1c1cccs1. The molecule has 3 rings (SSSR count). The number of carbonyl (C=O) groups excluding carboxylic acids is 2. The Kier molecular flexibility index (Phi) is 3.55. The van der Waals surface area contributed by atoms with E-state index in [1.807, 2.05) is 24.4 Å². The van der Waals surface area contributed by atoms with Crippen molar-refractivity contribution < 1.29 is 19.1 Å². The number of esters is 2. The molecular formula is C15H15NO4S. The predicted octanol–water partition coefficient (Wildman–Crippen LogP) is 2.08. The van der Waals surface area contributed by atoms with Crippen LogP contribution >= 0.6 is 11.3 Å². The van der Waals surface area contributed by atoms with Gasteiger partial charge in [0.1, 0.15) is 6.61 Å². The molecule has 3 heterocycles. The molecule has 0 aliphatic carbocycles. The van der Waals surface area contributed by atoms with E-state index in [2.05, 4.69) is 5.32 Å². The van der Waals surface area contributed by atoms with Crippen molar-refractivity contribution in [2.24, 2.45) is 0 Å². The Morgan fingerprint density at radius 2 is 2.38 bits per heavy atom. The van der Waals surface area contributed by atoms with Gasteiger partial charge in [0.15, 0.2) is 0 Å². The number of carbonyl (C=O) groups is 2. The van der Waals surface area contributed by atoms with Crippen molar-refractivity contribution in [2.45, 2.75) is 19.8 Å². The standard InChI is InChI=1S/C15H15NO4S/c1-3-19-14(17)11-8(2)16-9-7-20-15(18)12(9)13(11)10-5-4-6-21-10/h4-6,13,16H,3,7H2,1-2H3. The van der Waals surface area contributed by atoms with Crippen LogP contribution in [0.4, 0.5) is 0 Å². The minimum atomic E-state index is -0.407. The first kappa shape index (κ1) is 13.9. The van der Waals surface area contributed by atoms with Gasteiger partial charge in [-0.2, -0.15) is 0 Å². The van der Waals surface area contributed by atoms with Gasteiger partial charge in [-0.25, -0.2) is 9.59 Å². The minimum absolute atomic E-state index is 0.226. The van der Waals surface area contributed by atoms with Crippen LogP contribution in [0.3, 0.4) is 0 Å². The second-order valence-electron chi connectivity index (χ2n) is 4.80. The monoisotopic (exact) mass is 305 g/mol. The van der Waals surface area contributed by atoms with Crippen LogP contribution in [-0.4, -0.2) is 25.2 Å². The molecule has 0 radical (unpaired) electrons. The Bertz CT molecular complexity index is 657. The average molecular weight is 305 g/mol. The van der Waals surface area contributed by atoms with Gasteiger partial charge < -0.3 is 14.8 Å². The van der Waals surface area contributed by atoms with Crippen LogP contribution in [0.2, 0.25) is 0 Å². The highest BCUT2D eigenvalue weighted by molar-refractivity contribution is 7.10. The summed E-state index contributed by atoms with van der Waals surface area (Å²) >= 11 is 1.51. The zero-order valence-corrected chi connectivity index (χ0v) is 12.6. The van der Waals surface area contributed by atoms with Gasteiger partial charge in [-0.1, -0.05) is 6.07 Å². The Morgan fingerprint density at radius 1 is 1.57 bits per heavy atom. The van der Waals surface area contributed by atoms with Crippen molar-refractivity contribution in [3.05, 3.63) is 44.9 Å². The van der Waals surface area contributed by atoms with Gasteiger partial charge in [0.2, 0.25) is 0 Å². The average Bonchev–Trinajstić information content (AvgIpc) is 3.08. The Hall–Kier alpha value is -2.08. The van der Waals surface area contributed by atoms with E-state index in [-0.39, 0.29) is 12.6 Å². The Labute approximate surface area is 126 Å². The van der Waals surface area contributed by atoms with Gasteiger partial charge in [-0.3, -0.25) is 0 Å². The van der Waals surface area contributed by atoms with Gasteiger partial charge in [0.25, 0.3) is 0 Å². The summed E-state index contributed by atoms with van der Waals surface area (Å²) in [6.45, 7) is 4.10. The molecule has 0 saturated heterocycles. The number of thiophene rings is 1. The Balaban J connectivity index is 2.11. The second kappa shape index (κ2) is 5.37. The lowest BCUT2D eigenvalue weighted by atomic mass is 9.85. The molecule has 1 aromatic heterocycles. The number of rotatable bonds is 3. The number of hydrogen-bond donors (Lipinski definition) is 1. The van der Waals surface area contributed by atoms with E-state index in [0.29, 0.717) is 23.5 Å². The van der Waals surface area contributed by atoms with E-state index < -0.39 is 11.9 Å². The van der Waals surface area contributed by atoms with Gasteiger partial charge in [-0.05, 0) is 25.3 Å². The molecule has 2 aliphatic rings. The van der Waals surface area contributed by atoms with Gasteiger partial charge in [0, 0.05) is 10.6 Å². The fourth-order valence-corrected chi connectivity index (χ4v) is 3.53. The summed E-state index contributed by atoms with van der Waals surface area (Å²) in [4.78, 5) is 25.3. The van der Waals surface area contributed by atoms with Crippen molar-refractivity contribution in [3.8, 4) is 0 Å². The van der Waals surface area contributed by atoms with E-state index in [1.165, 1.54) is 11.3 Å². The zero-order chi connectivity index (χ0) is 15.0. The first-order valence-electron chi connectivity index (χ1n) is 6.72. The molecule has 0 aromatic carbocycles. The van der Waals surface area contributed by atoms with Gasteiger partial charge in [-0.15, -0.1) is 11.3 Å². The summed E-state index contributed by atoms with van der Waals surface area (Å²) in [6.07, 6.45) is 0. The third-order valence-electron chi connectivity index (χ3n) is 3.54. The first-order valence-corrected chi connectivity index (χ1v) is 7.60. The highest BCUT2D eigenvalue weighted by Crippen LogP contribution is 2.42. The normalized spacial score (nSPS) is 21.0. The molecule has 1 unspecified atom stereocenters.